The van der Waals surface area contributed by atoms with Crippen LogP contribution in [-0.2, 0) is 23.8 Å². The monoisotopic (exact) mass is 697 g/mol. The van der Waals surface area contributed by atoms with Crippen LogP contribution in [0.5, 0.6) is 23.0 Å². The molecule has 0 spiro atoms. The largest absolute Gasteiger partial charge is 0.507 e. The minimum atomic E-state index is -1.99. The zero-order valence-electron chi connectivity index (χ0n) is 29.7. The van der Waals surface area contributed by atoms with Crippen LogP contribution < -0.4 is 10.1 Å². The third-order valence-corrected chi connectivity index (χ3v) is 10.1. The van der Waals surface area contributed by atoms with Crippen LogP contribution in [0.2, 0.25) is 0 Å². The van der Waals surface area contributed by atoms with Gasteiger partial charge in [0.05, 0.1) is 54.2 Å². The highest BCUT2D eigenvalue weighted by molar-refractivity contribution is 6.21. The highest BCUT2D eigenvalue weighted by atomic mass is 16.7. The van der Waals surface area contributed by atoms with E-state index in [0.717, 1.165) is 6.07 Å². The van der Waals surface area contributed by atoms with E-state index in [9.17, 15) is 39.9 Å². The number of benzene rings is 2. The lowest BCUT2D eigenvalue weighted by atomic mass is 9.73. The lowest BCUT2D eigenvalue weighted by molar-refractivity contribution is -0.155. The average molecular weight is 698 g/mol. The molecule has 3 aliphatic heterocycles. The number of aliphatic hydroxyl groups is 2. The minimum Gasteiger partial charge on any atom is -0.507 e. The first kappa shape index (κ1) is 38.2. The van der Waals surface area contributed by atoms with E-state index in [1.165, 1.54) is 53.4 Å². The topological polar surface area (TPSA) is 201 Å². The minimum absolute atomic E-state index is 0.0736. The van der Waals surface area contributed by atoms with E-state index in [0.29, 0.717) is 0 Å². The van der Waals surface area contributed by atoms with E-state index in [4.69, 9.17) is 18.9 Å². The number of ketones is 1. The Morgan fingerprint density at radius 1 is 0.920 bits per heavy atom. The number of hydrogen-bond donors (Lipinski definition) is 6. The quantitative estimate of drug-likeness (QED) is 0.145. The molecule has 13 heteroatoms. The standard InChI is InChI=1S/C37H47NO12/c1-16-11-10-12-17(2)35(45)38-22-15-23(39)26-27(32(22)43)31(42)21(6)33-28(26)34(44)37(7,50-33)49-14-13-24(47-8)18(3)25(36(46)48-9)19(4)30(41)20(5)29(16)40/h10-16,18-20,24-25,29-30,39-43H,1-9H3,(H,38,45)/b11-10-,14-13+,17-12-/t16-,18+,19-,20-,24+,25+,29-,30-,37+/m1/s1. The average Bonchev–Trinajstić information content (AvgIpc) is 3.34. The van der Waals surface area contributed by atoms with Crippen LogP contribution in [-0.4, -0.2) is 81.5 Å². The molecule has 0 radical (unpaired) electrons. The van der Waals surface area contributed by atoms with Crippen molar-refractivity contribution in [3.63, 3.8) is 0 Å². The number of anilines is 1. The van der Waals surface area contributed by atoms with E-state index < -0.39 is 88.6 Å². The van der Waals surface area contributed by atoms with Gasteiger partial charge >= 0.3 is 11.8 Å². The fraction of sp³-hybridized carbons (Fsp3) is 0.486. The highest BCUT2D eigenvalue weighted by Crippen LogP contribution is 2.53. The van der Waals surface area contributed by atoms with Gasteiger partial charge in [-0.2, -0.15) is 0 Å². The maximum Gasteiger partial charge on any atom is 0.312 e. The number of amides is 1. The number of phenols is 3. The predicted molar refractivity (Wildman–Crippen MR) is 184 cm³/mol. The van der Waals surface area contributed by atoms with Crippen molar-refractivity contribution in [2.24, 2.45) is 29.6 Å². The van der Waals surface area contributed by atoms with Crippen molar-refractivity contribution in [1.29, 1.82) is 0 Å². The Morgan fingerprint density at radius 2 is 1.58 bits per heavy atom. The van der Waals surface area contributed by atoms with Gasteiger partial charge in [-0.05, 0) is 31.8 Å². The number of carbonyl (C=O) groups is 3. The number of hydrogen-bond acceptors (Lipinski definition) is 12. The molecule has 3 heterocycles. The van der Waals surface area contributed by atoms with E-state index in [1.807, 2.05) is 0 Å². The second-order valence-electron chi connectivity index (χ2n) is 13.4. The van der Waals surface area contributed by atoms with E-state index in [-0.39, 0.29) is 38.9 Å². The normalized spacial score (nSPS) is 33.2. The van der Waals surface area contributed by atoms with Crippen molar-refractivity contribution in [3.8, 4) is 23.0 Å². The second-order valence-corrected chi connectivity index (χ2v) is 13.4. The molecular formula is C37H47NO12. The third kappa shape index (κ3) is 6.77. The van der Waals surface area contributed by atoms with E-state index in [1.54, 1.807) is 39.8 Å². The Hall–Kier alpha value is -4.59. The number of allylic oxidation sites excluding steroid dienone is 2. The molecule has 2 aromatic rings. The second kappa shape index (κ2) is 14.7. The third-order valence-electron chi connectivity index (χ3n) is 10.1. The number of esters is 1. The molecule has 13 nitrogen and oxygen atoms in total. The Kier molecular flexibility index (Phi) is 11.2. The van der Waals surface area contributed by atoms with Gasteiger partial charge in [0.1, 0.15) is 17.2 Å². The summed E-state index contributed by atoms with van der Waals surface area (Å²) >= 11 is 0. The van der Waals surface area contributed by atoms with E-state index in [2.05, 4.69) is 5.32 Å². The summed E-state index contributed by atoms with van der Waals surface area (Å²) in [6.45, 7) is 11.2. The zero-order chi connectivity index (χ0) is 37.4. The highest BCUT2D eigenvalue weighted by Gasteiger charge is 2.49. The molecule has 1 amide bonds. The van der Waals surface area contributed by atoms with Crippen LogP contribution in [0.4, 0.5) is 5.69 Å². The lowest BCUT2D eigenvalue weighted by Gasteiger charge is -2.37. The van der Waals surface area contributed by atoms with Gasteiger partial charge in [-0.25, -0.2) is 0 Å². The first-order chi connectivity index (χ1) is 23.4. The van der Waals surface area contributed by atoms with Crippen LogP contribution in [0.3, 0.4) is 0 Å². The molecule has 2 aromatic carbocycles. The number of methoxy groups -OCH3 is 2. The van der Waals surface area contributed by atoms with Crippen molar-refractivity contribution >= 4 is 34.1 Å². The predicted octanol–water partition coefficient (Wildman–Crippen LogP) is 4.61. The summed E-state index contributed by atoms with van der Waals surface area (Å²) < 4.78 is 22.6. The Bertz CT molecular complexity index is 1760. The molecule has 3 aliphatic rings. The Balaban J connectivity index is 1.88. The van der Waals surface area contributed by atoms with Crippen molar-refractivity contribution in [2.75, 3.05) is 19.5 Å². The van der Waals surface area contributed by atoms with Gasteiger partial charge in [-0.1, -0.05) is 45.9 Å². The van der Waals surface area contributed by atoms with Crippen molar-refractivity contribution < 1.29 is 58.9 Å². The maximum atomic E-state index is 13.9. The molecule has 272 valence electrons. The van der Waals surface area contributed by atoms with Crippen LogP contribution in [0, 0.1) is 36.5 Å². The number of aliphatic hydroxyl groups excluding tert-OH is 2. The Morgan fingerprint density at radius 3 is 2.20 bits per heavy atom. The van der Waals surface area contributed by atoms with Crippen LogP contribution in [0.25, 0.3) is 10.8 Å². The SMILES string of the molecule is COC(=O)[C@H]1[C@@H](C)[C@@H](OC)/C=C/O[C@@]2(C)Oc3c(C)c(O)c4c(O)c(cc(O)c4c3C2=O)NC(=O)/C(C)=C\C=C/[C@@H](C)[C@@H](O)[C@@H](C)[C@H](O)[C@@H]1C. The number of ether oxygens (including phenoxy) is 4. The van der Waals surface area contributed by atoms with Crippen molar-refractivity contribution in [3.05, 3.63) is 53.3 Å². The number of phenolic OH excluding ortho intramolecular Hbond substituents is 3. The van der Waals surface area contributed by atoms with E-state index >= 15 is 0 Å². The molecule has 50 heavy (non-hydrogen) atoms. The number of carbonyl (C=O) groups excluding carboxylic acids is 3. The zero-order valence-corrected chi connectivity index (χ0v) is 29.7. The van der Waals surface area contributed by atoms with Gasteiger partial charge in [0.2, 0.25) is 0 Å². The summed E-state index contributed by atoms with van der Waals surface area (Å²) in [5.74, 6) is -9.04. The molecular weight excluding hydrogens is 650 g/mol. The molecule has 9 atom stereocenters. The summed E-state index contributed by atoms with van der Waals surface area (Å²) in [5, 5.41) is 58.2. The van der Waals surface area contributed by atoms with Gasteiger partial charge in [0, 0.05) is 48.5 Å². The molecule has 5 bridgehead atoms. The first-order valence-electron chi connectivity index (χ1n) is 16.4. The van der Waals surface area contributed by atoms with Crippen LogP contribution in [0.15, 0.2) is 42.2 Å². The van der Waals surface area contributed by atoms with Crippen molar-refractivity contribution in [1.82, 2.24) is 0 Å². The molecule has 0 unspecified atom stereocenters. The number of nitrogens with one attached hydrogen (secondary N) is 1. The maximum absolute atomic E-state index is 13.9. The molecule has 5 rings (SSSR count). The van der Waals surface area contributed by atoms with Crippen LogP contribution in [0.1, 0.15) is 57.5 Å². The van der Waals surface area contributed by atoms with Crippen LogP contribution >= 0.6 is 0 Å². The summed E-state index contributed by atoms with van der Waals surface area (Å²) in [5.41, 5.74) is -0.105. The molecule has 6 N–H and O–H groups in total. The Labute approximate surface area is 290 Å². The summed E-state index contributed by atoms with van der Waals surface area (Å²) in [4.78, 5) is 40.2. The van der Waals surface area contributed by atoms with Gasteiger partial charge in [-0.15, -0.1) is 0 Å². The fourth-order valence-electron chi connectivity index (χ4n) is 6.84. The fourth-order valence-corrected chi connectivity index (χ4v) is 6.84. The van der Waals surface area contributed by atoms with Gasteiger partial charge in [0.15, 0.2) is 5.75 Å². The number of aromatic hydroxyl groups is 3. The molecule has 0 saturated carbocycles. The number of Topliss-reactive ketones (excluding diaryl/α,β-unsaturated/α-hetero) is 1. The summed E-state index contributed by atoms with van der Waals surface area (Å²) in [7, 11) is 2.66. The number of fused-ring (bicyclic) bond motifs is 14. The van der Waals surface area contributed by atoms with Gasteiger partial charge in [-0.3, -0.25) is 14.4 Å². The van der Waals surface area contributed by atoms with Gasteiger partial charge in [0.25, 0.3) is 11.7 Å². The first-order valence-corrected chi connectivity index (χ1v) is 16.4. The molecule has 0 aliphatic carbocycles. The summed E-state index contributed by atoms with van der Waals surface area (Å²) in [6, 6.07) is 1.06. The van der Waals surface area contributed by atoms with Gasteiger partial charge < -0.3 is 49.8 Å². The van der Waals surface area contributed by atoms with Crippen molar-refractivity contribution in [2.45, 2.75) is 72.6 Å². The molecule has 0 fully saturated rings. The molecule has 0 aromatic heterocycles. The number of rotatable bonds is 2. The molecule has 0 saturated heterocycles. The summed E-state index contributed by atoms with van der Waals surface area (Å²) in [6.07, 6.45) is 4.39. The lowest BCUT2D eigenvalue weighted by Crippen LogP contribution is -2.45. The smallest absolute Gasteiger partial charge is 0.312 e.